The van der Waals surface area contributed by atoms with Gasteiger partial charge in [-0.1, -0.05) is 36.4 Å². The molecule has 1 saturated heterocycles. The highest BCUT2D eigenvalue weighted by Gasteiger charge is 2.18. The van der Waals surface area contributed by atoms with Crippen molar-refractivity contribution in [3.05, 3.63) is 101 Å². The maximum atomic E-state index is 12.2. The molecule has 6 nitrogen and oxygen atoms in total. The van der Waals surface area contributed by atoms with Crippen molar-refractivity contribution in [1.82, 2.24) is 9.88 Å². The first kappa shape index (κ1) is 22.1. The molecule has 1 N–H and O–H groups in total. The molecule has 0 saturated carbocycles. The number of rotatable bonds is 7. The van der Waals surface area contributed by atoms with E-state index in [-0.39, 0.29) is 5.91 Å². The van der Waals surface area contributed by atoms with Gasteiger partial charge in [-0.25, -0.2) is 4.98 Å². The average Bonchev–Trinajstić information content (AvgIpc) is 3.41. The maximum absolute atomic E-state index is 12.2. The van der Waals surface area contributed by atoms with Crippen LogP contribution in [0.2, 0.25) is 0 Å². The van der Waals surface area contributed by atoms with Crippen molar-refractivity contribution in [2.45, 2.75) is 6.54 Å². The van der Waals surface area contributed by atoms with Gasteiger partial charge >= 0.3 is 0 Å². The minimum absolute atomic E-state index is 0.101. The fourth-order valence-corrected chi connectivity index (χ4v) is 4.59. The Morgan fingerprint density at radius 2 is 1.74 bits per heavy atom. The summed E-state index contributed by atoms with van der Waals surface area (Å²) in [5.74, 6) is 2.54. The van der Waals surface area contributed by atoms with Gasteiger partial charge in [-0.3, -0.25) is 9.69 Å². The molecule has 0 aliphatic carbocycles. The zero-order valence-corrected chi connectivity index (χ0v) is 19.6. The number of carbonyl (C=O) groups excluding carboxylic acids is 1. The highest BCUT2D eigenvalue weighted by atomic mass is 32.1. The van der Waals surface area contributed by atoms with Gasteiger partial charge in [-0.2, -0.15) is 0 Å². The Kier molecular flexibility index (Phi) is 6.84. The van der Waals surface area contributed by atoms with Crippen LogP contribution in [0.3, 0.4) is 0 Å². The average molecular weight is 471 g/mol. The Morgan fingerprint density at radius 1 is 0.912 bits per heavy atom. The van der Waals surface area contributed by atoms with Crippen molar-refractivity contribution < 1.29 is 9.53 Å². The molecular weight excluding hydrogens is 444 g/mol. The molecule has 34 heavy (non-hydrogen) atoms. The lowest BCUT2D eigenvalue weighted by molar-refractivity contribution is 0.103. The highest BCUT2D eigenvalue weighted by Crippen LogP contribution is 2.23. The summed E-state index contributed by atoms with van der Waals surface area (Å²) in [5.41, 5.74) is 1.95. The predicted molar refractivity (Wildman–Crippen MR) is 137 cm³/mol. The SMILES string of the molecule is O=C(Nc1ccc(N2CCN(Cc3cccc(Oc4ccccc4)c3)CC2)nc1)c1cccs1. The number of pyridine rings is 1. The summed E-state index contributed by atoms with van der Waals surface area (Å²) in [7, 11) is 0. The number of carbonyl (C=O) groups is 1. The molecule has 1 amide bonds. The van der Waals surface area contributed by atoms with Gasteiger partial charge in [-0.15, -0.1) is 11.3 Å². The zero-order valence-electron chi connectivity index (χ0n) is 18.8. The van der Waals surface area contributed by atoms with Gasteiger partial charge < -0.3 is 15.0 Å². The van der Waals surface area contributed by atoms with Crippen LogP contribution in [0.5, 0.6) is 11.5 Å². The summed E-state index contributed by atoms with van der Waals surface area (Å²) in [5, 5.41) is 4.79. The van der Waals surface area contributed by atoms with Crippen LogP contribution in [0.1, 0.15) is 15.2 Å². The van der Waals surface area contributed by atoms with E-state index in [9.17, 15) is 4.79 Å². The third-order valence-electron chi connectivity index (χ3n) is 5.73. The Labute approximate surface area is 203 Å². The number of hydrogen-bond donors (Lipinski definition) is 1. The molecular formula is C27H26N4O2S. The molecule has 0 bridgehead atoms. The fourth-order valence-electron chi connectivity index (χ4n) is 3.97. The van der Waals surface area contributed by atoms with E-state index in [0.717, 1.165) is 50.0 Å². The third-order valence-corrected chi connectivity index (χ3v) is 6.60. The highest BCUT2D eigenvalue weighted by molar-refractivity contribution is 7.12. The van der Waals surface area contributed by atoms with E-state index in [1.54, 1.807) is 6.20 Å². The van der Waals surface area contributed by atoms with E-state index in [4.69, 9.17) is 4.74 Å². The first-order valence-electron chi connectivity index (χ1n) is 11.3. The maximum Gasteiger partial charge on any atom is 0.265 e. The number of para-hydroxylation sites is 1. The molecule has 2 aromatic heterocycles. The molecule has 1 fully saturated rings. The molecule has 2 aromatic carbocycles. The van der Waals surface area contributed by atoms with E-state index in [0.29, 0.717) is 10.6 Å². The summed E-state index contributed by atoms with van der Waals surface area (Å²) in [6.07, 6.45) is 1.73. The van der Waals surface area contributed by atoms with Crippen LogP contribution in [0.4, 0.5) is 11.5 Å². The summed E-state index contributed by atoms with van der Waals surface area (Å²) in [6.45, 7) is 4.63. The van der Waals surface area contributed by atoms with Crippen LogP contribution in [-0.2, 0) is 6.54 Å². The zero-order chi connectivity index (χ0) is 23.2. The number of aromatic nitrogens is 1. The van der Waals surface area contributed by atoms with Gasteiger partial charge in [-0.05, 0) is 53.4 Å². The minimum Gasteiger partial charge on any atom is -0.457 e. The van der Waals surface area contributed by atoms with Crippen LogP contribution < -0.4 is 15.0 Å². The fraction of sp³-hybridized carbons (Fsp3) is 0.185. The van der Waals surface area contributed by atoms with Gasteiger partial charge in [0.1, 0.15) is 17.3 Å². The van der Waals surface area contributed by atoms with Crippen molar-refractivity contribution in [2.24, 2.45) is 0 Å². The lowest BCUT2D eigenvalue weighted by atomic mass is 10.2. The van der Waals surface area contributed by atoms with Gasteiger partial charge in [0.2, 0.25) is 0 Å². The topological polar surface area (TPSA) is 57.7 Å². The Morgan fingerprint density at radius 3 is 2.47 bits per heavy atom. The lowest BCUT2D eigenvalue weighted by Gasteiger charge is -2.35. The molecule has 1 aliphatic heterocycles. The number of hydrogen-bond acceptors (Lipinski definition) is 6. The van der Waals surface area contributed by atoms with Crippen LogP contribution in [0, 0.1) is 0 Å². The van der Waals surface area contributed by atoms with Crippen LogP contribution >= 0.6 is 11.3 Å². The molecule has 172 valence electrons. The molecule has 0 unspecified atom stereocenters. The van der Waals surface area contributed by atoms with Crippen LogP contribution in [0.25, 0.3) is 0 Å². The summed E-state index contributed by atoms with van der Waals surface area (Å²) in [6, 6.07) is 25.7. The molecule has 5 rings (SSSR count). The number of thiophene rings is 1. The number of nitrogens with one attached hydrogen (secondary N) is 1. The lowest BCUT2D eigenvalue weighted by Crippen LogP contribution is -2.46. The molecule has 0 radical (unpaired) electrons. The quantitative estimate of drug-likeness (QED) is 0.386. The Hall–Kier alpha value is -3.68. The van der Waals surface area contributed by atoms with Crippen molar-refractivity contribution in [2.75, 3.05) is 36.4 Å². The van der Waals surface area contributed by atoms with Crippen LogP contribution in [0.15, 0.2) is 90.4 Å². The number of piperazine rings is 1. The normalized spacial score (nSPS) is 14.1. The number of anilines is 2. The molecule has 7 heteroatoms. The largest absolute Gasteiger partial charge is 0.457 e. The number of nitrogens with zero attached hydrogens (tertiary/aromatic N) is 3. The van der Waals surface area contributed by atoms with Gasteiger partial charge in [0.25, 0.3) is 5.91 Å². The van der Waals surface area contributed by atoms with E-state index < -0.39 is 0 Å². The van der Waals surface area contributed by atoms with E-state index in [2.05, 4.69) is 32.2 Å². The molecule has 4 aromatic rings. The minimum atomic E-state index is -0.101. The molecule has 3 heterocycles. The van der Waals surface area contributed by atoms with Crippen molar-refractivity contribution in [3.8, 4) is 11.5 Å². The second kappa shape index (κ2) is 10.5. The second-order valence-electron chi connectivity index (χ2n) is 8.16. The molecule has 0 spiro atoms. The predicted octanol–water partition coefficient (Wildman–Crippen LogP) is 5.51. The first-order chi connectivity index (χ1) is 16.7. The summed E-state index contributed by atoms with van der Waals surface area (Å²) >= 11 is 1.43. The molecule has 0 atom stereocenters. The first-order valence-corrected chi connectivity index (χ1v) is 12.2. The van der Waals surface area contributed by atoms with E-state index >= 15 is 0 Å². The number of ether oxygens (including phenoxy) is 1. The number of benzene rings is 2. The van der Waals surface area contributed by atoms with Crippen molar-refractivity contribution >= 4 is 28.7 Å². The Balaban J connectivity index is 1.12. The monoisotopic (exact) mass is 470 g/mol. The van der Waals surface area contributed by atoms with Crippen molar-refractivity contribution in [1.29, 1.82) is 0 Å². The number of amides is 1. The smallest absolute Gasteiger partial charge is 0.265 e. The van der Waals surface area contributed by atoms with Gasteiger partial charge in [0.05, 0.1) is 16.8 Å². The van der Waals surface area contributed by atoms with Crippen molar-refractivity contribution in [3.63, 3.8) is 0 Å². The summed E-state index contributed by atoms with van der Waals surface area (Å²) < 4.78 is 5.98. The van der Waals surface area contributed by atoms with Gasteiger partial charge in [0, 0.05) is 32.7 Å². The van der Waals surface area contributed by atoms with E-state index in [1.165, 1.54) is 16.9 Å². The van der Waals surface area contributed by atoms with Gasteiger partial charge in [0.15, 0.2) is 0 Å². The third kappa shape index (κ3) is 5.62. The van der Waals surface area contributed by atoms with Crippen LogP contribution in [-0.4, -0.2) is 42.0 Å². The standard InChI is InChI=1S/C27H26N4O2S/c32-27(25-10-5-17-34-25)29-22-11-12-26(28-19-22)31-15-13-30(14-16-31)20-21-6-4-9-24(18-21)33-23-7-2-1-3-8-23/h1-12,17-19H,13-16,20H2,(H,29,32). The summed E-state index contributed by atoms with van der Waals surface area (Å²) in [4.78, 5) is 22.2. The second-order valence-corrected chi connectivity index (χ2v) is 9.11. The van der Waals surface area contributed by atoms with E-state index in [1.807, 2.05) is 72.1 Å². The Bertz CT molecular complexity index is 1210. The molecule has 1 aliphatic rings.